The van der Waals surface area contributed by atoms with E-state index in [4.69, 9.17) is 37.8 Å². The minimum atomic E-state index is -1.25. The molecule has 5 nitrogen and oxygen atoms in total. The first-order valence-electron chi connectivity index (χ1n) is 5.96. The number of halogens is 2. The lowest BCUT2D eigenvalue weighted by Gasteiger charge is -2.11. The van der Waals surface area contributed by atoms with Crippen LogP contribution in [0.4, 0.5) is 0 Å². The number of unbranched alkanes of at least 4 members (excludes halogenated alkanes) is 1. The van der Waals surface area contributed by atoms with E-state index in [1.807, 2.05) is 6.92 Å². The smallest absolute Gasteiger partial charge is 0.344 e. The van der Waals surface area contributed by atoms with Crippen molar-refractivity contribution in [2.75, 3.05) is 13.2 Å². The highest BCUT2D eigenvalue weighted by atomic mass is 35.5. The molecule has 0 radical (unpaired) electrons. The molecule has 1 aromatic rings. The molecule has 0 aliphatic heterocycles. The van der Waals surface area contributed by atoms with Crippen LogP contribution in [-0.4, -0.2) is 30.3 Å². The Hall–Kier alpha value is -1.46. The van der Waals surface area contributed by atoms with Gasteiger partial charge in [-0.3, -0.25) is 0 Å². The van der Waals surface area contributed by atoms with Crippen LogP contribution in [0, 0.1) is 0 Å². The number of ether oxygens (including phenoxy) is 2. The van der Waals surface area contributed by atoms with E-state index in [-0.39, 0.29) is 21.4 Å². The Bertz CT molecular complexity index is 502. The number of aromatic carboxylic acids is 1. The number of carboxylic acids is 1. The summed E-state index contributed by atoms with van der Waals surface area (Å²) >= 11 is 11.6. The molecule has 0 saturated carbocycles. The summed E-state index contributed by atoms with van der Waals surface area (Å²) in [5.74, 6) is -1.93. The van der Waals surface area contributed by atoms with Crippen molar-refractivity contribution >= 4 is 35.1 Å². The largest absolute Gasteiger partial charge is 0.479 e. The molecule has 0 spiro atoms. The predicted octanol–water partition coefficient (Wildman–Crippen LogP) is 3.41. The molecule has 0 aromatic heterocycles. The molecule has 1 N–H and O–H groups in total. The highest BCUT2D eigenvalue weighted by Crippen LogP contribution is 2.32. The van der Waals surface area contributed by atoms with Crippen molar-refractivity contribution in [3.8, 4) is 5.75 Å². The molecule has 0 saturated heterocycles. The lowest BCUT2D eigenvalue weighted by Crippen LogP contribution is -2.17. The van der Waals surface area contributed by atoms with Crippen LogP contribution in [0.3, 0.4) is 0 Å². The summed E-state index contributed by atoms with van der Waals surface area (Å²) in [5, 5.41) is 9.24. The van der Waals surface area contributed by atoms with Crippen molar-refractivity contribution < 1.29 is 24.2 Å². The van der Waals surface area contributed by atoms with Gasteiger partial charge in [0.15, 0.2) is 12.4 Å². The maximum atomic E-state index is 11.4. The summed E-state index contributed by atoms with van der Waals surface area (Å²) < 4.78 is 10.0. The number of esters is 1. The lowest BCUT2D eigenvalue weighted by atomic mass is 10.2. The molecule has 0 unspecified atom stereocenters. The number of hydrogen-bond acceptors (Lipinski definition) is 4. The van der Waals surface area contributed by atoms with Crippen molar-refractivity contribution in [1.29, 1.82) is 0 Å². The molecular weight excluding hydrogens is 307 g/mol. The van der Waals surface area contributed by atoms with Crippen LogP contribution in [0.2, 0.25) is 10.0 Å². The third-order valence-corrected chi connectivity index (χ3v) is 2.83. The monoisotopic (exact) mass is 320 g/mol. The quantitative estimate of drug-likeness (QED) is 0.615. The average Bonchev–Trinajstić information content (AvgIpc) is 2.37. The minimum Gasteiger partial charge on any atom is -0.479 e. The Morgan fingerprint density at radius 3 is 2.60 bits per heavy atom. The third-order valence-electron chi connectivity index (χ3n) is 2.33. The third kappa shape index (κ3) is 4.90. The van der Waals surface area contributed by atoms with Gasteiger partial charge in [0.05, 0.1) is 11.6 Å². The maximum absolute atomic E-state index is 11.4. The van der Waals surface area contributed by atoms with Gasteiger partial charge in [-0.2, -0.15) is 0 Å². The van der Waals surface area contributed by atoms with Gasteiger partial charge in [-0.1, -0.05) is 36.5 Å². The number of carboxylic acid groups (broad SMARTS) is 1. The van der Waals surface area contributed by atoms with E-state index in [0.29, 0.717) is 6.61 Å². The first kappa shape index (κ1) is 16.6. The second kappa shape index (κ2) is 7.97. The van der Waals surface area contributed by atoms with E-state index in [0.717, 1.165) is 12.8 Å². The molecule has 1 aromatic carbocycles. The number of carbonyl (C=O) groups excluding carboxylic acids is 1. The van der Waals surface area contributed by atoms with E-state index >= 15 is 0 Å². The van der Waals surface area contributed by atoms with E-state index < -0.39 is 18.5 Å². The minimum absolute atomic E-state index is 0.0243. The van der Waals surface area contributed by atoms with Gasteiger partial charge in [0, 0.05) is 5.02 Å². The molecule has 0 fully saturated rings. The molecule has 7 heteroatoms. The molecule has 20 heavy (non-hydrogen) atoms. The van der Waals surface area contributed by atoms with Crippen molar-refractivity contribution in [3.63, 3.8) is 0 Å². The molecular formula is C13H14Cl2O5. The van der Waals surface area contributed by atoms with Crippen molar-refractivity contribution in [1.82, 2.24) is 0 Å². The first-order chi connectivity index (χ1) is 9.45. The van der Waals surface area contributed by atoms with Crippen LogP contribution in [0.15, 0.2) is 12.1 Å². The van der Waals surface area contributed by atoms with Crippen LogP contribution in [0.25, 0.3) is 0 Å². The summed E-state index contributed by atoms with van der Waals surface area (Å²) in [4.78, 5) is 22.5. The van der Waals surface area contributed by atoms with Gasteiger partial charge in [0.2, 0.25) is 0 Å². The molecule has 1 rings (SSSR count). The molecule has 110 valence electrons. The van der Waals surface area contributed by atoms with Gasteiger partial charge in [-0.15, -0.1) is 0 Å². The Balaban J connectivity index is 2.72. The first-order valence-corrected chi connectivity index (χ1v) is 6.72. The van der Waals surface area contributed by atoms with Gasteiger partial charge in [0.25, 0.3) is 0 Å². The zero-order valence-corrected chi connectivity index (χ0v) is 12.3. The SMILES string of the molecule is CCCCOC(=O)COc1c(Cl)cc(Cl)cc1C(=O)O. The Kier molecular flexibility index (Phi) is 6.61. The topological polar surface area (TPSA) is 72.8 Å². The zero-order valence-electron chi connectivity index (χ0n) is 10.8. The van der Waals surface area contributed by atoms with Crippen molar-refractivity contribution in [3.05, 3.63) is 27.7 Å². The second-order valence-corrected chi connectivity index (χ2v) is 4.78. The fourth-order valence-corrected chi connectivity index (χ4v) is 1.92. The fraction of sp³-hybridized carbons (Fsp3) is 0.385. The van der Waals surface area contributed by atoms with Gasteiger partial charge in [-0.25, -0.2) is 9.59 Å². The maximum Gasteiger partial charge on any atom is 0.344 e. The van der Waals surface area contributed by atoms with Crippen LogP contribution in [-0.2, 0) is 9.53 Å². The number of carbonyl (C=O) groups is 2. The molecule has 0 amide bonds. The standard InChI is InChI=1S/C13H14Cl2O5/c1-2-3-4-19-11(16)7-20-12-9(13(17)18)5-8(14)6-10(12)15/h5-6H,2-4,7H2,1H3,(H,17,18). The highest BCUT2D eigenvalue weighted by molar-refractivity contribution is 6.36. The molecule has 0 bridgehead atoms. The summed E-state index contributed by atoms with van der Waals surface area (Å²) in [6.07, 6.45) is 1.66. The van der Waals surface area contributed by atoms with Gasteiger partial charge >= 0.3 is 11.9 Å². The fourth-order valence-electron chi connectivity index (χ4n) is 1.37. The van der Waals surface area contributed by atoms with Crippen LogP contribution < -0.4 is 4.74 Å². The van der Waals surface area contributed by atoms with Crippen LogP contribution in [0.1, 0.15) is 30.1 Å². The Morgan fingerprint density at radius 2 is 2.00 bits per heavy atom. The summed E-state index contributed by atoms with van der Waals surface area (Å²) in [5.41, 5.74) is -0.205. The molecule has 0 aliphatic rings. The molecule has 0 heterocycles. The Morgan fingerprint density at radius 1 is 1.30 bits per heavy atom. The summed E-state index contributed by atoms with van der Waals surface area (Å²) in [6.45, 7) is 1.86. The van der Waals surface area contributed by atoms with Gasteiger partial charge < -0.3 is 14.6 Å². The van der Waals surface area contributed by atoms with Crippen LogP contribution >= 0.6 is 23.2 Å². The molecule has 0 aliphatic carbocycles. The molecule has 0 atom stereocenters. The number of rotatable bonds is 7. The average molecular weight is 321 g/mol. The zero-order chi connectivity index (χ0) is 15.1. The van der Waals surface area contributed by atoms with E-state index in [1.165, 1.54) is 12.1 Å². The normalized spacial score (nSPS) is 10.2. The summed E-state index contributed by atoms with van der Waals surface area (Å²) in [6, 6.07) is 2.54. The van der Waals surface area contributed by atoms with Crippen molar-refractivity contribution in [2.24, 2.45) is 0 Å². The lowest BCUT2D eigenvalue weighted by molar-refractivity contribution is -0.146. The predicted molar refractivity (Wildman–Crippen MR) is 74.8 cm³/mol. The van der Waals surface area contributed by atoms with E-state index in [2.05, 4.69) is 0 Å². The van der Waals surface area contributed by atoms with Gasteiger partial charge in [0.1, 0.15) is 5.56 Å². The number of benzene rings is 1. The van der Waals surface area contributed by atoms with E-state index in [1.54, 1.807) is 0 Å². The van der Waals surface area contributed by atoms with Crippen LogP contribution in [0.5, 0.6) is 5.75 Å². The number of hydrogen-bond donors (Lipinski definition) is 1. The summed E-state index contributed by atoms with van der Waals surface area (Å²) in [7, 11) is 0. The van der Waals surface area contributed by atoms with Crippen molar-refractivity contribution in [2.45, 2.75) is 19.8 Å². The Labute approximate surface area is 126 Å². The highest BCUT2D eigenvalue weighted by Gasteiger charge is 2.18. The second-order valence-electron chi connectivity index (χ2n) is 3.93. The van der Waals surface area contributed by atoms with E-state index in [9.17, 15) is 9.59 Å². The van der Waals surface area contributed by atoms with Gasteiger partial charge in [-0.05, 0) is 18.6 Å².